The maximum absolute atomic E-state index is 13.3. The molecule has 3 N–H and O–H groups in total. The van der Waals surface area contributed by atoms with Crippen molar-refractivity contribution in [2.75, 3.05) is 7.05 Å². The molecular formula is C21H30FN3. The van der Waals surface area contributed by atoms with Gasteiger partial charge in [0.15, 0.2) is 0 Å². The fourth-order valence-corrected chi connectivity index (χ4v) is 3.55. The van der Waals surface area contributed by atoms with Gasteiger partial charge in [0, 0.05) is 36.0 Å². The third-order valence-electron chi connectivity index (χ3n) is 4.87. The van der Waals surface area contributed by atoms with Crippen LogP contribution < -0.4 is 11.1 Å². The van der Waals surface area contributed by atoms with Gasteiger partial charge in [0.2, 0.25) is 0 Å². The Balaban J connectivity index is 2.42. The Hall–Kier alpha value is -2.23. The van der Waals surface area contributed by atoms with Gasteiger partial charge in [-0.1, -0.05) is 45.6 Å². The van der Waals surface area contributed by atoms with Gasteiger partial charge < -0.3 is 16.0 Å². The van der Waals surface area contributed by atoms with Crippen LogP contribution in [-0.2, 0) is 0 Å². The second kappa shape index (κ2) is 8.24. The highest BCUT2D eigenvalue weighted by atomic mass is 19.1. The van der Waals surface area contributed by atoms with E-state index in [2.05, 4.69) is 43.6 Å². The van der Waals surface area contributed by atoms with Gasteiger partial charge >= 0.3 is 0 Å². The van der Waals surface area contributed by atoms with E-state index in [1.807, 2.05) is 25.4 Å². The van der Waals surface area contributed by atoms with E-state index in [-0.39, 0.29) is 23.7 Å². The van der Waals surface area contributed by atoms with Gasteiger partial charge in [-0.25, -0.2) is 4.39 Å². The highest BCUT2D eigenvalue weighted by Gasteiger charge is 2.26. The molecular weight excluding hydrogens is 313 g/mol. The molecule has 0 amide bonds. The molecule has 136 valence electrons. The fourth-order valence-electron chi connectivity index (χ4n) is 3.55. The normalized spacial score (nSPS) is 22.0. The van der Waals surface area contributed by atoms with Gasteiger partial charge in [0.1, 0.15) is 5.82 Å². The van der Waals surface area contributed by atoms with E-state index in [1.54, 1.807) is 0 Å². The largest absolute Gasteiger partial charge is 0.402 e. The van der Waals surface area contributed by atoms with Crippen molar-refractivity contribution in [3.8, 4) is 0 Å². The maximum Gasteiger partial charge on any atom is 0.123 e. The number of hydrogen-bond donors (Lipinski definition) is 2. The second-order valence-electron chi connectivity index (χ2n) is 6.88. The average Bonchev–Trinajstić information content (AvgIpc) is 2.68. The SMILES string of the molecule is C=CN(C)C1=C(NC(CC)c2ccc(F)cc2)C(C)CC(N)=CC1C. The van der Waals surface area contributed by atoms with Crippen LogP contribution in [0.4, 0.5) is 4.39 Å². The molecule has 0 spiro atoms. The van der Waals surface area contributed by atoms with Gasteiger partial charge in [-0.15, -0.1) is 0 Å². The molecule has 0 radical (unpaired) electrons. The Labute approximate surface area is 151 Å². The van der Waals surface area contributed by atoms with Crippen molar-refractivity contribution in [3.05, 3.63) is 71.6 Å². The summed E-state index contributed by atoms with van der Waals surface area (Å²) in [5.41, 5.74) is 10.6. The lowest BCUT2D eigenvalue weighted by atomic mass is 9.96. The molecule has 3 nitrogen and oxygen atoms in total. The molecule has 1 aliphatic carbocycles. The molecule has 4 heteroatoms. The number of nitrogens with zero attached hydrogens (tertiary/aromatic N) is 1. The Bertz CT molecular complexity index is 660. The first-order chi connectivity index (χ1) is 11.9. The standard InChI is InChI=1S/C21H30FN3/c1-6-19(16-8-10-17(22)11-9-16)24-20-14(3)12-18(23)13-15(4)21(20)25(5)7-2/h7-11,13-15,19,24H,2,6,12,23H2,1,3-5H3. The van der Waals surface area contributed by atoms with Crippen molar-refractivity contribution in [3.63, 3.8) is 0 Å². The van der Waals surface area contributed by atoms with Crippen molar-refractivity contribution < 1.29 is 4.39 Å². The van der Waals surface area contributed by atoms with E-state index in [1.165, 1.54) is 23.5 Å². The van der Waals surface area contributed by atoms with Gasteiger partial charge in [-0.3, -0.25) is 0 Å². The van der Waals surface area contributed by atoms with Crippen LogP contribution in [0.15, 0.2) is 60.2 Å². The molecule has 1 aliphatic rings. The first-order valence-corrected chi connectivity index (χ1v) is 8.94. The molecule has 1 aromatic carbocycles. The topological polar surface area (TPSA) is 41.3 Å². The summed E-state index contributed by atoms with van der Waals surface area (Å²) in [4.78, 5) is 2.07. The van der Waals surface area contributed by atoms with Crippen LogP contribution in [0.25, 0.3) is 0 Å². The van der Waals surface area contributed by atoms with Crippen molar-refractivity contribution in [2.24, 2.45) is 17.6 Å². The van der Waals surface area contributed by atoms with Crippen LogP contribution in [0.3, 0.4) is 0 Å². The predicted octanol–water partition coefficient (Wildman–Crippen LogP) is 4.67. The third-order valence-corrected chi connectivity index (χ3v) is 4.87. The highest BCUT2D eigenvalue weighted by molar-refractivity contribution is 5.29. The van der Waals surface area contributed by atoms with Crippen LogP contribution in [-0.4, -0.2) is 11.9 Å². The molecule has 1 aromatic rings. The number of benzene rings is 1. The summed E-state index contributed by atoms with van der Waals surface area (Å²) in [6.45, 7) is 10.4. The average molecular weight is 343 g/mol. The molecule has 0 heterocycles. The lowest BCUT2D eigenvalue weighted by Gasteiger charge is -2.31. The molecule has 2 rings (SSSR count). The number of rotatable bonds is 6. The molecule has 0 fully saturated rings. The Morgan fingerprint density at radius 3 is 2.56 bits per heavy atom. The minimum Gasteiger partial charge on any atom is -0.402 e. The Kier molecular flexibility index (Phi) is 6.29. The highest BCUT2D eigenvalue weighted by Crippen LogP contribution is 2.33. The lowest BCUT2D eigenvalue weighted by Crippen LogP contribution is -2.30. The number of nitrogens with one attached hydrogen (secondary N) is 1. The van der Waals surface area contributed by atoms with Crippen LogP contribution in [0.2, 0.25) is 0 Å². The summed E-state index contributed by atoms with van der Waals surface area (Å²) >= 11 is 0. The van der Waals surface area contributed by atoms with Gasteiger partial charge in [0.05, 0.1) is 6.04 Å². The monoisotopic (exact) mass is 343 g/mol. The summed E-state index contributed by atoms with van der Waals surface area (Å²) in [7, 11) is 2.02. The Morgan fingerprint density at radius 2 is 2.00 bits per heavy atom. The first kappa shape index (κ1) is 19.1. The number of nitrogens with two attached hydrogens (primary N) is 1. The smallest absolute Gasteiger partial charge is 0.123 e. The summed E-state index contributed by atoms with van der Waals surface area (Å²) in [5, 5.41) is 3.73. The quantitative estimate of drug-likeness (QED) is 0.788. The van der Waals surface area contributed by atoms with Crippen LogP contribution >= 0.6 is 0 Å². The maximum atomic E-state index is 13.3. The summed E-state index contributed by atoms with van der Waals surface area (Å²) in [6, 6.07) is 6.86. The van der Waals surface area contributed by atoms with Crippen LogP contribution in [0, 0.1) is 17.7 Å². The minimum atomic E-state index is -0.210. The van der Waals surface area contributed by atoms with Crippen LogP contribution in [0.5, 0.6) is 0 Å². The number of halogens is 1. The second-order valence-corrected chi connectivity index (χ2v) is 6.88. The number of allylic oxidation sites excluding steroid dienone is 3. The lowest BCUT2D eigenvalue weighted by molar-refractivity contribution is 0.446. The van der Waals surface area contributed by atoms with E-state index < -0.39 is 0 Å². The van der Waals surface area contributed by atoms with Crippen molar-refractivity contribution in [2.45, 2.75) is 39.7 Å². The van der Waals surface area contributed by atoms with E-state index >= 15 is 0 Å². The first-order valence-electron chi connectivity index (χ1n) is 8.94. The van der Waals surface area contributed by atoms with Crippen LogP contribution in [0.1, 0.15) is 45.2 Å². The zero-order chi connectivity index (χ0) is 18.6. The van der Waals surface area contributed by atoms with Crippen molar-refractivity contribution >= 4 is 0 Å². The molecule has 0 aliphatic heterocycles. The third kappa shape index (κ3) is 4.44. The van der Waals surface area contributed by atoms with E-state index in [4.69, 9.17) is 5.73 Å². The molecule has 3 atom stereocenters. The predicted molar refractivity (Wildman–Crippen MR) is 103 cm³/mol. The van der Waals surface area contributed by atoms with E-state index in [0.29, 0.717) is 0 Å². The number of hydrogen-bond acceptors (Lipinski definition) is 3. The fraction of sp³-hybridized carbons (Fsp3) is 0.429. The van der Waals surface area contributed by atoms with E-state index in [0.717, 1.165) is 24.1 Å². The van der Waals surface area contributed by atoms with Gasteiger partial charge in [0.25, 0.3) is 0 Å². The zero-order valence-corrected chi connectivity index (χ0v) is 15.7. The molecule has 25 heavy (non-hydrogen) atoms. The molecule has 3 unspecified atom stereocenters. The zero-order valence-electron chi connectivity index (χ0n) is 15.7. The minimum absolute atomic E-state index is 0.123. The van der Waals surface area contributed by atoms with Gasteiger partial charge in [-0.2, -0.15) is 0 Å². The molecule has 0 saturated carbocycles. The summed E-state index contributed by atoms with van der Waals surface area (Å²) < 4.78 is 13.3. The summed E-state index contributed by atoms with van der Waals surface area (Å²) in [5.74, 6) is 0.257. The van der Waals surface area contributed by atoms with E-state index in [9.17, 15) is 4.39 Å². The Morgan fingerprint density at radius 1 is 1.36 bits per heavy atom. The summed E-state index contributed by atoms with van der Waals surface area (Å²) in [6.07, 6.45) is 5.68. The van der Waals surface area contributed by atoms with Gasteiger partial charge in [-0.05, 0) is 36.7 Å². The molecule has 0 bridgehead atoms. The molecule has 0 aromatic heterocycles. The van der Waals surface area contributed by atoms with Crippen molar-refractivity contribution in [1.29, 1.82) is 0 Å². The van der Waals surface area contributed by atoms with Crippen molar-refractivity contribution in [1.82, 2.24) is 10.2 Å². The molecule has 0 saturated heterocycles.